The summed E-state index contributed by atoms with van der Waals surface area (Å²) in [5, 5.41) is 0.312. The molecule has 0 bridgehead atoms. The van der Waals surface area contributed by atoms with Crippen LogP contribution < -0.4 is 14.2 Å². The van der Waals surface area contributed by atoms with E-state index in [1.807, 2.05) is 0 Å². The Kier molecular flexibility index (Phi) is 3.90. The number of nitrogens with zero attached hydrogens (tertiary/aromatic N) is 1. The molecule has 0 amide bonds. The lowest BCUT2D eigenvalue weighted by Gasteiger charge is -2.23. The summed E-state index contributed by atoms with van der Waals surface area (Å²) in [6.45, 7) is 2.31. The highest BCUT2D eigenvalue weighted by Gasteiger charge is 2.24. The van der Waals surface area contributed by atoms with Gasteiger partial charge in [0.15, 0.2) is 17.3 Å². The van der Waals surface area contributed by atoms with Gasteiger partial charge in [-0.1, -0.05) is 0 Å². The smallest absolute Gasteiger partial charge is 0.264 e. The minimum Gasteiger partial charge on any atom is -0.485 e. The Bertz CT molecular complexity index is 528. The van der Waals surface area contributed by atoms with E-state index in [9.17, 15) is 4.79 Å². The van der Waals surface area contributed by atoms with Gasteiger partial charge in [-0.3, -0.25) is 4.79 Å². The van der Waals surface area contributed by atoms with Crippen LogP contribution in [0.4, 0.5) is 0 Å². The van der Waals surface area contributed by atoms with Crippen LogP contribution in [0.1, 0.15) is 17.3 Å². The third kappa shape index (κ3) is 2.78. The highest BCUT2D eigenvalue weighted by molar-refractivity contribution is 7.80. The number of ether oxygens (including phenoxy) is 3. The van der Waals surface area contributed by atoms with Crippen molar-refractivity contribution in [2.75, 3.05) is 27.3 Å². The number of carbonyl (C=O) groups is 1. The third-order valence-electron chi connectivity index (χ3n) is 2.59. The Morgan fingerprint density at radius 3 is 2.47 bits per heavy atom. The summed E-state index contributed by atoms with van der Waals surface area (Å²) in [6, 6.07) is 3.32. The molecule has 0 aromatic heterocycles. The van der Waals surface area contributed by atoms with Gasteiger partial charge >= 0.3 is 0 Å². The summed E-state index contributed by atoms with van der Waals surface area (Å²) in [7, 11) is 3.58. The van der Waals surface area contributed by atoms with Crippen LogP contribution in [0.5, 0.6) is 17.2 Å². The van der Waals surface area contributed by atoms with Crippen molar-refractivity contribution >= 4 is 23.2 Å². The first kappa shape index (κ1) is 13.6. The van der Waals surface area contributed by atoms with Crippen molar-refractivity contribution in [3.63, 3.8) is 0 Å². The minimum atomic E-state index is -0.0801. The Morgan fingerprint density at radius 1 is 1.26 bits per heavy atom. The molecule has 1 aliphatic heterocycles. The molecule has 5 nitrogen and oxygen atoms in total. The summed E-state index contributed by atoms with van der Waals surface area (Å²) in [5.74, 6) is 1.24. The number of hydrogen-bond acceptors (Lipinski definition) is 5. The fourth-order valence-electron chi connectivity index (χ4n) is 1.65. The van der Waals surface area contributed by atoms with Crippen LogP contribution in [0.2, 0.25) is 0 Å². The average molecular weight is 281 g/mol. The molecule has 0 spiro atoms. The molecule has 0 saturated heterocycles. The summed E-state index contributed by atoms with van der Waals surface area (Å²) in [5.41, 5.74) is 0.484. The monoisotopic (exact) mass is 281 g/mol. The molecule has 19 heavy (non-hydrogen) atoms. The molecule has 0 atom stereocenters. The Balaban J connectivity index is 2.41. The zero-order chi connectivity index (χ0) is 14.0. The normalized spacial score (nSPS) is 12.8. The summed E-state index contributed by atoms with van der Waals surface area (Å²) in [4.78, 5) is 13.2. The van der Waals surface area contributed by atoms with Gasteiger partial charge in [0.25, 0.3) is 5.17 Å². The molecule has 1 aromatic carbocycles. The van der Waals surface area contributed by atoms with Crippen LogP contribution in [-0.2, 0) is 0 Å². The van der Waals surface area contributed by atoms with Gasteiger partial charge in [-0.05, 0) is 31.3 Å². The molecule has 1 aromatic rings. The van der Waals surface area contributed by atoms with Gasteiger partial charge in [0.1, 0.15) is 13.2 Å². The topological polar surface area (TPSA) is 48.0 Å². The van der Waals surface area contributed by atoms with Crippen molar-refractivity contribution in [1.82, 2.24) is 4.90 Å². The van der Waals surface area contributed by atoms with E-state index in [4.69, 9.17) is 26.4 Å². The molecular weight excluding hydrogens is 266 g/mol. The third-order valence-corrected chi connectivity index (χ3v) is 3.04. The second-order valence-corrected chi connectivity index (χ2v) is 4.63. The lowest BCUT2D eigenvalue weighted by atomic mass is 10.1. The second kappa shape index (κ2) is 5.44. The summed E-state index contributed by atoms with van der Waals surface area (Å²) < 4.78 is 16.6. The van der Waals surface area contributed by atoms with Gasteiger partial charge in [-0.25, -0.2) is 0 Å². The number of hydrogen-bond donors (Lipinski definition) is 0. The average Bonchev–Trinajstić information content (AvgIpc) is 2.38. The molecule has 0 radical (unpaired) electrons. The van der Waals surface area contributed by atoms with E-state index in [2.05, 4.69) is 0 Å². The molecule has 0 N–H and O–H groups in total. The molecule has 2 rings (SSSR count). The van der Waals surface area contributed by atoms with Crippen LogP contribution in [0, 0.1) is 0 Å². The summed E-state index contributed by atoms with van der Waals surface area (Å²) >= 11 is 5.09. The van der Waals surface area contributed by atoms with E-state index >= 15 is 0 Å². The maximum atomic E-state index is 11.5. The number of rotatable bonds is 2. The van der Waals surface area contributed by atoms with Crippen molar-refractivity contribution < 1.29 is 19.0 Å². The number of fused-ring (bicyclic) bond motifs is 1. The molecule has 1 aliphatic rings. The first-order valence-corrected chi connectivity index (χ1v) is 6.24. The van der Waals surface area contributed by atoms with Crippen LogP contribution in [0.3, 0.4) is 0 Å². The first-order chi connectivity index (χ1) is 9.00. The highest BCUT2D eigenvalue weighted by Crippen LogP contribution is 2.42. The molecule has 0 unspecified atom stereocenters. The van der Waals surface area contributed by atoms with Crippen molar-refractivity contribution in [3.8, 4) is 17.2 Å². The molecule has 1 heterocycles. The van der Waals surface area contributed by atoms with E-state index in [0.29, 0.717) is 41.2 Å². The van der Waals surface area contributed by atoms with E-state index in [1.165, 1.54) is 6.92 Å². The van der Waals surface area contributed by atoms with E-state index in [-0.39, 0.29) is 5.78 Å². The minimum absolute atomic E-state index is 0.0801. The first-order valence-electron chi connectivity index (χ1n) is 5.83. The Labute approximate surface area is 117 Å². The fraction of sp³-hybridized carbons (Fsp3) is 0.385. The SMILES string of the molecule is CC(=O)c1ccc(OC(=S)N(C)C)c2c1OCCO2. The van der Waals surface area contributed by atoms with Crippen molar-refractivity contribution in [3.05, 3.63) is 17.7 Å². The molecule has 0 aliphatic carbocycles. The van der Waals surface area contributed by atoms with Crippen LogP contribution in [0.15, 0.2) is 12.1 Å². The van der Waals surface area contributed by atoms with Crippen molar-refractivity contribution in [2.24, 2.45) is 0 Å². The van der Waals surface area contributed by atoms with E-state index < -0.39 is 0 Å². The van der Waals surface area contributed by atoms with Crippen LogP contribution in [0.25, 0.3) is 0 Å². The maximum absolute atomic E-state index is 11.5. The maximum Gasteiger partial charge on any atom is 0.264 e. The van der Waals surface area contributed by atoms with Crippen LogP contribution in [-0.4, -0.2) is 43.2 Å². The number of ketones is 1. The standard InChI is InChI=1S/C13H15NO4S/c1-8(15)9-4-5-10(18-13(19)14(2)3)12-11(9)16-6-7-17-12/h4-5H,6-7H2,1-3H3. The molecule has 6 heteroatoms. The zero-order valence-corrected chi connectivity index (χ0v) is 11.9. The molecule has 0 fully saturated rings. The lowest BCUT2D eigenvalue weighted by Crippen LogP contribution is -2.26. The predicted octanol–water partition coefficient (Wildman–Crippen LogP) is 1.89. The van der Waals surface area contributed by atoms with Gasteiger partial charge in [0.05, 0.1) is 5.56 Å². The van der Waals surface area contributed by atoms with Crippen molar-refractivity contribution in [1.29, 1.82) is 0 Å². The van der Waals surface area contributed by atoms with Crippen molar-refractivity contribution in [2.45, 2.75) is 6.92 Å². The van der Waals surface area contributed by atoms with Gasteiger partial charge in [-0.15, -0.1) is 0 Å². The van der Waals surface area contributed by atoms with E-state index in [1.54, 1.807) is 31.1 Å². The molecular formula is C13H15NO4S. The van der Waals surface area contributed by atoms with E-state index in [0.717, 1.165) is 0 Å². The highest BCUT2D eigenvalue weighted by atomic mass is 32.1. The quantitative estimate of drug-likeness (QED) is 0.609. The second-order valence-electron chi connectivity index (χ2n) is 4.29. The number of carbonyl (C=O) groups excluding carboxylic acids is 1. The van der Waals surface area contributed by atoms with Gasteiger partial charge in [0.2, 0.25) is 5.75 Å². The predicted molar refractivity (Wildman–Crippen MR) is 74.3 cm³/mol. The number of thiocarbonyl (C=S) groups is 1. The Morgan fingerprint density at radius 2 is 1.89 bits per heavy atom. The van der Waals surface area contributed by atoms with Gasteiger partial charge in [0, 0.05) is 14.1 Å². The Hall–Kier alpha value is -1.82. The largest absolute Gasteiger partial charge is 0.485 e. The van der Waals surface area contributed by atoms with Crippen LogP contribution >= 0.6 is 12.2 Å². The number of Topliss-reactive ketones (excluding diaryl/α,β-unsaturated/α-hetero) is 1. The van der Waals surface area contributed by atoms with Gasteiger partial charge < -0.3 is 19.1 Å². The molecule has 102 valence electrons. The summed E-state index contributed by atoms with van der Waals surface area (Å²) in [6.07, 6.45) is 0. The lowest BCUT2D eigenvalue weighted by molar-refractivity contribution is 0.100. The van der Waals surface area contributed by atoms with Gasteiger partial charge in [-0.2, -0.15) is 0 Å². The molecule has 0 saturated carbocycles. The number of benzene rings is 1. The fourth-order valence-corrected chi connectivity index (χ4v) is 1.74. The zero-order valence-electron chi connectivity index (χ0n) is 11.1.